The number of aromatic nitrogens is 4. The Bertz CT molecular complexity index is 1720. The van der Waals surface area contributed by atoms with E-state index in [1.165, 1.54) is 6.20 Å². The average molecular weight is 593 g/mol. The maximum absolute atomic E-state index is 12.4. The Hall–Kier alpha value is -4.41. The van der Waals surface area contributed by atoms with E-state index in [0.717, 1.165) is 51.2 Å². The van der Waals surface area contributed by atoms with Gasteiger partial charge in [0.05, 0.1) is 34.9 Å². The summed E-state index contributed by atoms with van der Waals surface area (Å²) in [5.41, 5.74) is 5.83. The molecule has 6 rings (SSSR count). The van der Waals surface area contributed by atoms with E-state index >= 15 is 0 Å². The number of anilines is 2. The Labute approximate surface area is 248 Å². The lowest BCUT2D eigenvalue weighted by Gasteiger charge is -2.16. The van der Waals surface area contributed by atoms with Gasteiger partial charge >= 0.3 is 6.18 Å². The minimum atomic E-state index is -4.29. The number of rotatable bonds is 4. The van der Waals surface area contributed by atoms with E-state index in [9.17, 15) is 22.8 Å². The molecule has 2 aromatic heterocycles. The first kappa shape index (κ1) is 30.1. The number of aryl methyl sites for hydroxylation is 1. The summed E-state index contributed by atoms with van der Waals surface area (Å²) in [7, 11) is 3.53. The third-order valence-corrected chi connectivity index (χ3v) is 8.33. The molecule has 43 heavy (non-hydrogen) atoms. The molecule has 226 valence electrons. The van der Waals surface area contributed by atoms with Crippen molar-refractivity contribution in [3.8, 4) is 22.5 Å². The van der Waals surface area contributed by atoms with Gasteiger partial charge in [-0.05, 0) is 57.9 Å². The standard InChI is InChI=1S/C16H16F3N3O.C16H19N3O/c1-15(2)11-5-4-10(6-13(11)21(3)14(15)23)12-7-22(9-20-12)8-16(17,18)19;1-5-19-9-13(17-10-19)11-6-7-12-14(8-11)18(4)15(20)16(12,2)3/h4-7,9H,8H2,1-3H3;6-10H,5H2,1-4H3. The van der Waals surface area contributed by atoms with E-state index in [4.69, 9.17) is 0 Å². The second-order valence-electron chi connectivity index (χ2n) is 12.1. The van der Waals surface area contributed by atoms with Crippen LogP contribution in [0.15, 0.2) is 61.4 Å². The van der Waals surface area contributed by atoms with E-state index < -0.39 is 23.6 Å². The lowest BCUT2D eigenvalue weighted by molar-refractivity contribution is -0.140. The van der Waals surface area contributed by atoms with Gasteiger partial charge in [-0.15, -0.1) is 0 Å². The van der Waals surface area contributed by atoms with Crippen LogP contribution in [0.5, 0.6) is 0 Å². The van der Waals surface area contributed by atoms with Gasteiger partial charge in [-0.3, -0.25) is 9.59 Å². The second kappa shape index (κ2) is 10.4. The predicted molar refractivity (Wildman–Crippen MR) is 160 cm³/mol. The molecular weight excluding hydrogens is 557 g/mol. The highest BCUT2D eigenvalue weighted by Gasteiger charge is 2.43. The normalized spacial score (nSPS) is 16.7. The highest BCUT2D eigenvalue weighted by molar-refractivity contribution is 6.08. The van der Waals surface area contributed by atoms with Gasteiger partial charge in [0, 0.05) is 55.5 Å². The van der Waals surface area contributed by atoms with Crippen LogP contribution < -0.4 is 9.80 Å². The number of hydrogen-bond acceptors (Lipinski definition) is 4. The number of alkyl halides is 3. The average Bonchev–Trinajstić information content (AvgIpc) is 3.70. The summed E-state index contributed by atoms with van der Waals surface area (Å²) < 4.78 is 40.3. The molecule has 2 amide bonds. The lowest BCUT2D eigenvalue weighted by Crippen LogP contribution is -2.33. The van der Waals surface area contributed by atoms with Crippen LogP contribution in [-0.4, -0.2) is 51.2 Å². The fraction of sp³-hybridized carbons (Fsp3) is 0.375. The molecule has 8 nitrogen and oxygen atoms in total. The van der Waals surface area contributed by atoms with Gasteiger partial charge < -0.3 is 18.9 Å². The van der Waals surface area contributed by atoms with Crippen LogP contribution in [0.4, 0.5) is 24.5 Å². The molecule has 0 saturated heterocycles. The number of nitrogens with zero attached hydrogens (tertiary/aromatic N) is 6. The van der Waals surface area contributed by atoms with E-state index in [1.54, 1.807) is 29.0 Å². The molecule has 0 atom stereocenters. The largest absolute Gasteiger partial charge is 0.406 e. The number of fused-ring (bicyclic) bond motifs is 2. The third-order valence-electron chi connectivity index (χ3n) is 8.33. The van der Waals surface area contributed by atoms with Crippen LogP contribution in [0.25, 0.3) is 22.5 Å². The first-order chi connectivity index (χ1) is 20.0. The molecule has 4 heterocycles. The minimum Gasteiger partial charge on any atom is -0.337 e. The fourth-order valence-corrected chi connectivity index (χ4v) is 5.77. The van der Waals surface area contributed by atoms with Crippen molar-refractivity contribution in [2.75, 3.05) is 23.9 Å². The van der Waals surface area contributed by atoms with Crippen molar-refractivity contribution in [1.82, 2.24) is 19.1 Å². The van der Waals surface area contributed by atoms with Crippen LogP contribution in [0.1, 0.15) is 45.7 Å². The van der Waals surface area contributed by atoms with Crippen molar-refractivity contribution in [2.45, 2.75) is 64.7 Å². The lowest BCUT2D eigenvalue weighted by atomic mass is 9.86. The summed E-state index contributed by atoms with van der Waals surface area (Å²) in [5.74, 6) is 0.135. The maximum Gasteiger partial charge on any atom is 0.406 e. The van der Waals surface area contributed by atoms with E-state index in [2.05, 4.69) is 35.1 Å². The molecule has 0 fully saturated rings. The zero-order chi connectivity index (χ0) is 31.5. The molecule has 2 aromatic carbocycles. The second-order valence-corrected chi connectivity index (χ2v) is 12.1. The Morgan fingerprint density at radius 2 is 1.14 bits per heavy atom. The zero-order valence-corrected chi connectivity index (χ0v) is 25.3. The molecule has 0 radical (unpaired) electrons. The quantitative estimate of drug-likeness (QED) is 0.283. The van der Waals surface area contributed by atoms with E-state index in [0.29, 0.717) is 11.3 Å². The van der Waals surface area contributed by atoms with Gasteiger partial charge in [-0.1, -0.05) is 24.3 Å². The molecule has 0 spiro atoms. The van der Waals surface area contributed by atoms with Crippen molar-refractivity contribution in [3.63, 3.8) is 0 Å². The topological polar surface area (TPSA) is 76.3 Å². The molecule has 0 saturated carbocycles. The zero-order valence-electron chi connectivity index (χ0n) is 25.3. The number of imidazole rings is 2. The SMILES string of the molecule is CCn1cnc(-c2ccc3c(c2)N(C)C(=O)C3(C)C)c1.CN1C(=O)C(C)(C)c2ccc(-c3cn(CC(F)(F)F)cn3)cc21. The first-order valence-corrected chi connectivity index (χ1v) is 14.0. The number of carbonyl (C=O) groups excluding carboxylic acids is 2. The van der Waals surface area contributed by atoms with Gasteiger partial charge in [0.1, 0.15) is 6.54 Å². The van der Waals surface area contributed by atoms with Gasteiger partial charge in [0.25, 0.3) is 0 Å². The van der Waals surface area contributed by atoms with Gasteiger partial charge in [0.15, 0.2) is 0 Å². The van der Waals surface area contributed by atoms with Gasteiger partial charge in [-0.2, -0.15) is 13.2 Å². The van der Waals surface area contributed by atoms with Crippen LogP contribution >= 0.6 is 0 Å². The number of hydrogen-bond donors (Lipinski definition) is 0. The Balaban J connectivity index is 0.000000173. The Kier molecular flexibility index (Phi) is 7.27. The molecule has 0 aliphatic carbocycles. The first-order valence-electron chi connectivity index (χ1n) is 14.0. The number of carbonyl (C=O) groups is 2. The summed E-state index contributed by atoms with van der Waals surface area (Å²) in [6.07, 6.45) is 2.10. The molecule has 4 aromatic rings. The number of likely N-dealkylation sites (N-methyl/N-ethyl adjacent to an activating group) is 2. The van der Waals surface area contributed by atoms with E-state index in [1.807, 2.05) is 57.9 Å². The number of amides is 2. The van der Waals surface area contributed by atoms with Crippen LogP contribution in [0, 0.1) is 0 Å². The molecule has 0 bridgehead atoms. The molecule has 2 aliphatic heterocycles. The fourth-order valence-electron chi connectivity index (χ4n) is 5.77. The van der Waals surface area contributed by atoms with Crippen molar-refractivity contribution in [3.05, 3.63) is 72.6 Å². The number of halogens is 3. The van der Waals surface area contributed by atoms with Crippen molar-refractivity contribution in [1.29, 1.82) is 0 Å². The van der Waals surface area contributed by atoms with Crippen LogP contribution in [0.2, 0.25) is 0 Å². The maximum atomic E-state index is 12.4. The summed E-state index contributed by atoms with van der Waals surface area (Å²) >= 11 is 0. The summed E-state index contributed by atoms with van der Waals surface area (Å²) in [4.78, 5) is 36.3. The molecule has 11 heteroatoms. The van der Waals surface area contributed by atoms with Gasteiger partial charge in [0.2, 0.25) is 11.8 Å². The summed E-state index contributed by atoms with van der Waals surface area (Å²) in [6, 6.07) is 11.6. The Morgan fingerprint density at radius 3 is 1.53 bits per heavy atom. The van der Waals surface area contributed by atoms with E-state index in [-0.39, 0.29) is 11.8 Å². The van der Waals surface area contributed by atoms with Crippen molar-refractivity contribution in [2.24, 2.45) is 0 Å². The Morgan fingerprint density at radius 1 is 0.721 bits per heavy atom. The third kappa shape index (κ3) is 5.32. The smallest absolute Gasteiger partial charge is 0.337 e. The molecule has 0 N–H and O–H groups in total. The molecule has 0 unspecified atom stereocenters. The van der Waals surface area contributed by atoms with Gasteiger partial charge in [-0.25, -0.2) is 9.97 Å². The minimum absolute atomic E-state index is 0.00718. The highest BCUT2D eigenvalue weighted by atomic mass is 19.4. The predicted octanol–water partition coefficient (Wildman–Crippen LogP) is 6.19. The van der Waals surface area contributed by atoms with Crippen LogP contribution in [0.3, 0.4) is 0 Å². The summed E-state index contributed by atoms with van der Waals surface area (Å²) in [6.45, 7) is 9.58. The van der Waals surface area contributed by atoms with Crippen LogP contribution in [-0.2, 0) is 33.5 Å². The van der Waals surface area contributed by atoms with Crippen molar-refractivity contribution >= 4 is 23.2 Å². The molecular formula is C32H35F3N6O2. The van der Waals surface area contributed by atoms with Crippen molar-refractivity contribution < 1.29 is 22.8 Å². The molecule has 2 aliphatic rings. The summed E-state index contributed by atoms with van der Waals surface area (Å²) in [5, 5.41) is 0. The number of benzene rings is 2. The monoisotopic (exact) mass is 592 g/mol. The highest BCUT2D eigenvalue weighted by Crippen LogP contribution is 2.43.